The molecule has 0 amide bonds. The molecule has 0 aliphatic carbocycles. The predicted octanol–water partition coefficient (Wildman–Crippen LogP) is 4.88. The molecule has 0 unspecified atom stereocenters. The van der Waals surface area contributed by atoms with Gasteiger partial charge in [-0.3, -0.25) is 0 Å². The van der Waals surface area contributed by atoms with Crippen LogP contribution in [0.25, 0.3) is 0 Å². The third-order valence-corrected chi connectivity index (χ3v) is 6.06. The van der Waals surface area contributed by atoms with Gasteiger partial charge in [-0.25, -0.2) is 0 Å². The molecule has 3 aromatic rings. The first-order valence-corrected chi connectivity index (χ1v) is 11.8. The van der Waals surface area contributed by atoms with Crippen LogP contribution in [-0.4, -0.2) is 43.8 Å². The van der Waals surface area contributed by atoms with Crippen LogP contribution in [0, 0.1) is 6.92 Å². The number of hydrogen-bond acceptors (Lipinski definition) is 7. The van der Waals surface area contributed by atoms with E-state index >= 15 is 0 Å². The van der Waals surface area contributed by atoms with Crippen molar-refractivity contribution in [3.63, 3.8) is 0 Å². The molecule has 0 saturated heterocycles. The maximum Gasteiger partial charge on any atom is 0.126 e. The summed E-state index contributed by atoms with van der Waals surface area (Å²) in [6, 6.07) is 11.5. The number of hydrogen-bond donors (Lipinski definition) is 3. The highest BCUT2D eigenvalue weighted by Crippen LogP contribution is 2.33. The van der Waals surface area contributed by atoms with Gasteiger partial charge in [0.1, 0.15) is 17.2 Å². The Kier molecular flexibility index (Phi) is 9.73. The Bertz CT molecular complexity index is 1040. The molecule has 36 heavy (non-hydrogen) atoms. The van der Waals surface area contributed by atoms with Gasteiger partial charge in [-0.15, -0.1) is 0 Å². The predicted molar refractivity (Wildman–Crippen MR) is 138 cm³/mol. The zero-order valence-electron chi connectivity index (χ0n) is 21.7. The first kappa shape index (κ1) is 27.5. The number of rotatable bonds is 12. The Balaban J connectivity index is 1.98. The van der Waals surface area contributed by atoms with Crippen molar-refractivity contribution in [1.29, 1.82) is 0 Å². The van der Waals surface area contributed by atoms with E-state index in [2.05, 4.69) is 0 Å². The summed E-state index contributed by atoms with van der Waals surface area (Å²) in [5, 5.41) is 32.3. The van der Waals surface area contributed by atoms with Crippen LogP contribution in [-0.2, 0) is 58.2 Å². The van der Waals surface area contributed by atoms with Crippen LogP contribution in [0.3, 0.4) is 0 Å². The molecule has 7 nitrogen and oxygen atoms in total. The van der Waals surface area contributed by atoms with Gasteiger partial charge in [-0.1, -0.05) is 17.7 Å². The smallest absolute Gasteiger partial charge is 0.126 e. The van der Waals surface area contributed by atoms with Gasteiger partial charge < -0.3 is 34.3 Å². The Morgan fingerprint density at radius 1 is 0.472 bits per heavy atom. The molecule has 194 valence electrons. The topological polar surface area (TPSA) is 97.6 Å². The van der Waals surface area contributed by atoms with Gasteiger partial charge in [0.25, 0.3) is 0 Å². The van der Waals surface area contributed by atoms with Gasteiger partial charge in [-0.05, 0) is 53.4 Å². The molecular weight excluding hydrogens is 460 g/mol. The van der Waals surface area contributed by atoms with Crippen LogP contribution in [0.4, 0.5) is 0 Å². The summed E-state index contributed by atoms with van der Waals surface area (Å²) >= 11 is 0. The number of phenols is 3. The molecular formula is C29H36O7. The van der Waals surface area contributed by atoms with E-state index in [0.29, 0.717) is 35.1 Å². The Hall–Kier alpha value is -3.10. The number of methoxy groups -OCH3 is 4. The Morgan fingerprint density at radius 3 is 1.03 bits per heavy atom. The molecule has 3 aromatic carbocycles. The van der Waals surface area contributed by atoms with Crippen LogP contribution in [0.2, 0.25) is 0 Å². The van der Waals surface area contributed by atoms with Gasteiger partial charge >= 0.3 is 0 Å². The summed E-state index contributed by atoms with van der Waals surface area (Å²) in [6.07, 6.45) is 0.960. The van der Waals surface area contributed by atoms with Crippen molar-refractivity contribution in [2.75, 3.05) is 28.4 Å². The lowest BCUT2D eigenvalue weighted by Gasteiger charge is -2.16. The number of aryl methyl sites for hydroxylation is 1. The summed E-state index contributed by atoms with van der Waals surface area (Å²) in [7, 11) is 6.33. The van der Waals surface area contributed by atoms with Crippen molar-refractivity contribution in [3.8, 4) is 17.2 Å². The minimum atomic E-state index is 0.169. The first-order valence-electron chi connectivity index (χ1n) is 11.8. The maximum atomic E-state index is 11.2. The SMILES string of the molecule is COCc1cc(Cc2cc(C)cc(Cc3cc(COC)c(O)c(COC)c3)c2O)cc(COC)c1O. The second-order valence-electron chi connectivity index (χ2n) is 9.04. The summed E-state index contributed by atoms with van der Waals surface area (Å²) in [5.41, 5.74) is 7.18. The number of benzene rings is 3. The Morgan fingerprint density at radius 2 is 0.750 bits per heavy atom. The van der Waals surface area contributed by atoms with Crippen LogP contribution in [0.15, 0.2) is 36.4 Å². The van der Waals surface area contributed by atoms with Gasteiger partial charge in [0.15, 0.2) is 0 Å². The lowest BCUT2D eigenvalue weighted by Crippen LogP contribution is -2.02. The summed E-state index contributed by atoms with van der Waals surface area (Å²) in [5.74, 6) is 0.565. The minimum Gasteiger partial charge on any atom is -0.507 e. The highest BCUT2D eigenvalue weighted by Gasteiger charge is 2.16. The van der Waals surface area contributed by atoms with Crippen molar-refractivity contribution in [2.45, 2.75) is 46.2 Å². The average molecular weight is 497 g/mol. The van der Waals surface area contributed by atoms with E-state index in [1.807, 2.05) is 43.3 Å². The van der Waals surface area contributed by atoms with E-state index in [-0.39, 0.29) is 43.7 Å². The third-order valence-electron chi connectivity index (χ3n) is 6.06. The molecule has 0 fully saturated rings. The molecule has 0 saturated carbocycles. The van der Waals surface area contributed by atoms with E-state index in [9.17, 15) is 15.3 Å². The maximum absolute atomic E-state index is 11.2. The first-order chi connectivity index (χ1) is 17.3. The van der Waals surface area contributed by atoms with E-state index in [1.54, 1.807) is 28.4 Å². The molecule has 0 bridgehead atoms. The quantitative estimate of drug-likeness (QED) is 0.329. The Labute approximate surface area is 212 Å². The van der Waals surface area contributed by atoms with E-state index in [1.165, 1.54) is 0 Å². The number of aromatic hydroxyl groups is 3. The molecule has 0 atom stereocenters. The van der Waals surface area contributed by atoms with Crippen LogP contribution >= 0.6 is 0 Å². The largest absolute Gasteiger partial charge is 0.507 e. The highest BCUT2D eigenvalue weighted by atomic mass is 16.5. The summed E-state index contributed by atoms with van der Waals surface area (Å²) in [6.45, 7) is 3.09. The fraction of sp³-hybridized carbons (Fsp3) is 0.379. The van der Waals surface area contributed by atoms with Gasteiger partial charge in [0, 0.05) is 63.5 Å². The lowest BCUT2D eigenvalue weighted by atomic mass is 9.93. The minimum absolute atomic E-state index is 0.169. The van der Waals surface area contributed by atoms with Crippen LogP contribution < -0.4 is 0 Å². The standard InChI is InChI=1S/C29H36O7/c1-18-6-21(8-19-10-23(14-33-2)28(31)24(11-19)15-34-3)27(30)22(7-18)9-20-12-25(16-35-4)29(32)26(13-20)17-36-5/h6-7,10-13,30-32H,8-9,14-17H2,1-5H3. The molecule has 0 aliphatic heterocycles. The number of phenolic OH excluding ortho intramolecular Hbond substituents is 3. The number of ether oxygens (including phenoxy) is 4. The fourth-order valence-corrected chi connectivity index (χ4v) is 4.57. The highest BCUT2D eigenvalue weighted by molar-refractivity contribution is 5.51. The third kappa shape index (κ3) is 6.56. The van der Waals surface area contributed by atoms with Crippen molar-refractivity contribution in [3.05, 3.63) is 86.5 Å². The van der Waals surface area contributed by atoms with Crippen molar-refractivity contribution in [2.24, 2.45) is 0 Å². The van der Waals surface area contributed by atoms with Crippen molar-refractivity contribution >= 4 is 0 Å². The summed E-state index contributed by atoms with van der Waals surface area (Å²) in [4.78, 5) is 0. The molecule has 0 spiro atoms. The molecule has 3 N–H and O–H groups in total. The van der Waals surface area contributed by atoms with E-state index < -0.39 is 0 Å². The molecule has 0 aromatic heterocycles. The second kappa shape index (κ2) is 12.7. The molecule has 0 radical (unpaired) electrons. The van der Waals surface area contributed by atoms with Crippen molar-refractivity contribution in [1.82, 2.24) is 0 Å². The second-order valence-corrected chi connectivity index (χ2v) is 9.04. The van der Waals surface area contributed by atoms with Crippen LogP contribution in [0.5, 0.6) is 17.2 Å². The van der Waals surface area contributed by atoms with Gasteiger partial charge in [-0.2, -0.15) is 0 Å². The normalized spacial score (nSPS) is 11.2. The van der Waals surface area contributed by atoms with E-state index in [0.717, 1.165) is 27.8 Å². The van der Waals surface area contributed by atoms with Crippen LogP contribution in [0.1, 0.15) is 50.1 Å². The lowest BCUT2D eigenvalue weighted by molar-refractivity contribution is 0.174. The van der Waals surface area contributed by atoms with Gasteiger partial charge in [0.05, 0.1) is 26.4 Å². The summed E-state index contributed by atoms with van der Waals surface area (Å²) < 4.78 is 21.0. The monoisotopic (exact) mass is 496 g/mol. The molecule has 7 heteroatoms. The molecule has 0 aliphatic rings. The van der Waals surface area contributed by atoms with Crippen molar-refractivity contribution < 1.29 is 34.3 Å². The van der Waals surface area contributed by atoms with E-state index in [4.69, 9.17) is 18.9 Å². The molecule has 0 heterocycles. The zero-order chi connectivity index (χ0) is 26.2. The zero-order valence-corrected chi connectivity index (χ0v) is 21.7. The average Bonchev–Trinajstić information content (AvgIpc) is 2.83. The molecule has 3 rings (SSSR count). The fourth-order valence-electron chi connectivity index (χ4n) is 4.57. The van der Waals surface area contributed by atoms with Gasteiger partial charge in [0.2, 0.25) is 0 Å².